The Morgan fingerprint density at radius 2 is 2.00 bits per heavy atom. The van der Waals surface area contributed by atoms with E-state index in [-0.39, 0.29) is 18.9 Å². The molecule has 6 nitrogen and oxygen atoms in total. The first kappa shape index (κ1) is 18.9. The fraction of sp³-hybridized carbons (Fsp3) is 0.412. The Hall–Kier alpha value is -1.91. The molecule has 0 saturated carbocycles. The van der Waals surface area contributed by atoms with Crippen LogP contribution in [0.3, 0.4) is 0 Å². The highest BCUT2D eigenvalue weighted by molar-refractivity contribution is 14.1. The molecule has 26 heavy (non-hydrogen) atoms. The van der Waals surface area contributed by atoms with Gasteiger partial charge in [-0.25, -0.2) is 23.7 Å². The third-order valence-corrected chi connectivity index (χ3v) is 4.94. The van der Waals surface area contributed by atoms with Crippen LogP contribution in [0, 0.1) is 3.57 Å². The van der Waals surface area contributed by atoms with Gasteiger partial charge in [0.15, 0.2) is 5.82 Å². The summed E-state index contributed by atoms with van der Waals surface area (Å²) in [6.45, 7) is 3.71. The van der Waals surface area contributed by atoms with Gasteiger partial charge in [0.25, 0.3) is 11.8 Å². The SMILES string of the molecule is CC(C)c1ncc(C(=O)Nc2c(I)ccnc2N2CCC(F)(F)C2)cn1. The molecule has 1 N–H and O–H groups in total. The second-order valence-corrected chi connectivity index (χ2v) is 7.62. The average Bonchev–Trinajstić information content (AvgIpc) is 2.96. The van der Waals surface area contributed by atoms with Crippen LogP contribution in [0.5, 0.6) is 0 Å². The maximum absolute atomic E-state index is 13.6. The van der Waals surface area contributed by atoms with Gasteiger partial charge >= 0.3 is 0 Å². The standard InChI is InChI=1S/C17H18F2IN5O/c1-10(2)14-22-7-11(8-23-14)16(26)24-13-12(20)3-5-21-15(13)25-6-4-17(18,19)9-25/h3,5,7-8,10H,4,6,9H2,1-2H3,(H,24,26). The van der Waals surface area contributed by atoms with E-state index in [1.54, 1.807) is 12.3 Å². The van der Waals surface area contributed by atoms with Crippen molar-refractivity contribution in [3.63, 3.8) is 0 Å². The highest BCUT2D eigenvalue weighted by Crippen LogP contribution is 2.35. The molecule has 0 unspecified atom stereocenters. The minimum atomic E-state index is -2.75. The van der Waals surface area contributed by atoms with Crippen LogP contribution in [0.25, 0.3) is 0 Å². The zero-order valence-electron chi connectivity index (χ0n) is 14.3. The van der Waals surface area contributed by atoms with Crippen molar-refractivity contribution in [3.8, 4) is 0 Å². The number of amides is 1. The molecule has 0 aliphatic carbocycles. The van der Waals surface area contributed by atoms with Crippen LogP contribution >= 0.6 is 22.6 Å². The molecule has 0 aromatic carbocycles. The third kappa shape index (κ3) is 4.08. The van der Waals surface area contributed by atoms with Crippen LogP contribution in [0.15, 0.2) is 24.7 Å². The van der Waals surface area contributed by atoms with Crippen LogP contribution in [0.1, 0.15) is 42.4 Å². The normalized spacial score (nSPS) is 16.2. The number of carbonyl (C=O) groups excluding carboxylic acids is 1. The second-order valence-electron chi connectivity index (χ2n) is 6.46. The van der Waals surface area contributed by atoms with Crippen molar-refractivity contribution in [2.45, 2.75) is 32.1 Å². The van der Waals surface area contributed by atoms with Gasteiger partial charge in [-0.3, -0.25) is 4.79 Å². The number of nitrogens with zero attached hydrogens (tertiary/aromatic N) is 4. The van der Waals surface area contributed by atoms with E-state index in [0.29, 0.717) is 22.9 Å². The average molecular weight is 473 g/mol. The molecule has 0 atom stereocenters. The number of nitrogens with one attached hydrogen (secondary N) is 1. The van der Waals surface area contributed by atoms with E-state index in [2.05, 4.69) is 20.3 Å². The lowest BCUT2D eigenvalue weighted by atomic mass is 10.2. The molecule has 0 spiro atoms. The minimum absolute atomic E-state index is 0.162. The van der Waals surface area contributed by atoms with Crippen molar-refractivity contribution in [2.24, 2.45) is 0 Å². The van der Waals surface area contributed by atoms with Crippen LogP contribution in [-0.2, 0) is 0 Å². The lowest BCUT2D eigenvalue weighted by Crippen LogP contribution is -2.27. The topological polar surface area (TPSA) is 71.0 Å². The number of aromatic nitrogens is 3. The van der Waals surface area contributed by atoms with Gasteiger partial charge in [0, 0.05) is 41.0 Å². The summed E-state index contributed by atoms with van der Waals surface area (Å²) in [7, 11) is 0. The van der Waals surface area contributed by atoms with Gasteiger partial charge in [-0.1, -0.05) is 13.8 Å². The maximum Gasteiger partial charge on any atom is 0.266 e. The zero-order valence-corrected chi connectivity index (χ0v) is 16.5. The van der Waals surface area contributed by atoms with E-state index in [4.69, 9.17) is 0 Å². The minimum Gasteiger partial charge on any atom is -0.349 e. The molecular weight excluding hydrogens is 455 g/mol. The molecule has 1 aliphatic heterocycles. The van der Waals surface area contributed by atoms with Crippen LogP contribution in [-0.4, -0.2) is 39.9 Å². The first-order valence-electron chi connectivity index (χ1n) is 8.17. The predicted octanol–water partition coefficient (Wildman–Crippen LogP) is 3.70. The fourth-order valence-electron chi connectivity index (χ4n) is 2.64. The molecule has 3 rings (SSSR count). The van der Waals surface area contributed by atoms with E-state index in [1.807, 2.05) is 36.4 Å². The molecule has 9 heteroatoms. The quantitative estimate of drug-likeness (QED) is 0.687. The van der Waals surface area contributed by atoms with E-state index in [1.165, 1.54) is 17.3 Å². The van der Waals surface area contributed by atoms with E-state index < -0.39 is 18.4 Å². The lowest BCUT2D eigenvalue weighted by Gasteiger charge is -2.21. The van der Waals surface area contributed by atoms with Gasteiger partial charge in [0.2, 0.25) is 0 Å². The zero-order chi connectivity index (χ0) is 18.9. The summed E-state index contributed by atoms with van der Waals surface area (Å²) < 4.78 is 27.9. The van der Waals surface area contributed by atoms with Crippen molar-refractivity contribution in [1.29, 1.82) is 0 Å². The smallest absolute Gasteiger partial charge is 0.266 e. The van der Waals surface area contributed by atoms with Gasteiger partial charge in [0.05, 0.1) is 17.8 Å². The molecule has 1 aliphatic rings. The first-order chi connectivity index (χ1) is 12.3. The fourth-order valence-corrected chi connectivity index (χ4v) is 3.18. The molecule has 138 valence electrons. The molecule has 1 saturated heterocycles. The Kier molecular flexibility index (Phi) is 5.35. The number of hydrogen-bond donors (Lipinski definition) is 1. The van der Waals surface area contributed by atoms with E-state index in [9.17, 15) is 13.6 Å². The lowest BCUT2D eigenvalue weighted by molar-refractivity contribution is 0.0257. The largest absolute Gasteiger partial charge is 0.349 e. The number of pyridine rings is 1. The van der Waals surface area contributed by atoms with Gasteiger partial charge in [0.1, 0.15) is 5.82 Å². The second kappa shape index (κ2) is 7.37. The highest BCUT2D eigenvalue weighted by Gasteiger charge is 2.39. The summed E-state index contributed by atoms with van der Waals surface area (Å²) >= 11 is 2.05. The van der Waals surface area contributed by atoms with Gasteiger partial charge in [-0.05, 0) is 28.7 Å². The van der Waals surface area contributed by atoms with E-state index in [0.717, 1.165) is 3.57 Å². The van der Waals surface area contributed by atoms with Crippen molar-refractivity contribution in [2.75, 3.05) is 23.3 Å². The highest BCUT2D eigenvalue weighted by atomic mass is 127. The molecular formula is C17H18F2IN5O. The molecule has 2 aromatic rings. The van der Waals surface area contributed by atoms with E-state index >= 15 is 0 Å². The maximum atomic E-state index is 13.6. The molecule has 0 bridgehead atoms. The summed E-state index contributed by atoms with van der Waals surface area (Å²) in [6.07, 6.45) is 4.25. The Bertz CT molecular complexity index is 813. The molecule has 1 amide bonds. The predicted molar refractivity (Wildman–Crippen MR) is 103 cm³/mol. The first-order valence-corrected chi connectivity index (χ1v) is 9.25. The van der Waals surface area contributed by atoms with Crippen LogP contribution in [0.2, 0.25) is 0 Å². The summed E-state index contributed by atoms with van der Waals surface area (Å²) in [5.41, 5.74) is 0.718. The summed E-state index contributed by atoms with van der Waals surface area (Å²) in [5, 5.41) is 2.77. The van der Waals surface area contributed by atoms with Gasteiger partial charge in [-0.15, -0.1) is 0 Å². The Morgan fingerprint density at radius 1 is 1.31 bits per heavy atom. The van der Waals surface area contributed by atoms with Crippen molar-refractivity contribution in [1.82, 2.24) is 15.0 Å². The van der Waals surface area contributed by atoms with Crippen molar-refractivity contribution >= 4 is 40.0 Å². The van der Waals surface area contributed by atoms with Gasteiger partial charge in [-0.2, -0.15) is 0 Å². The molecule has 1 fully saturated rings. The summed E-state index contributed by atoms with van der Waals surface area (Å²) in [5.74, 6) is -1.99. The Labute approximate surface area is 163 Å². The van der Waals surface area contributed by atoms with Crippen LogP contribution in [0.4, 0.5) is 20.3 Å². The number of rotatable bonds is 4. The number of alkyl halides is 2. The number of carbonyl (C=O) groups is 1. The number of hydrogen-bond acceptors (Lipinski definition) is 5. The Balaban J connectivity index is 1.84. The van der Waals surface area contributed by atoms with Crippen molar-refractivity contribution in [3.05, 3.63) is 39.6 Å². The van der Waals surface area contributed by atoms with Crippen LogP contribution < -0.4 is 10.2 Å². The monoisotopic (exact) mass is 473 g/mol. The number of anilines is 2. The number of halogens is 3. The van der Waals surface area contributed by atoms with Gasteiger partial charge < -0.3 is 10.2 Å². The Morgan fingerprint density at radius 3 is 2.58 bits per heavy atom. The third-order valence-electron chi connectivity index (χ3n) is 4.04. The molecule has 3 heterocycles. The molecule has 0 radical (unpaired) electrons. The molecule has 2 aromatic heterocycles. The van der Waals surface area contributed by atoms with Crippen molar-refractivity contribution < 1.29 is 13.6 Å². The summed E-state index contributed by atoms with van der Waals surface area (Å²) in [6, 6.07) is 1.71. The summed E-state index contributed by atoms with van der Waals surface area (Å²) in [4.78, 5) is 26.6.